The van der Waals surface area contributed by atoms with Gasteiger partial charge in [-0.2, -0.15) is 0 Å². The summed E-state index contributed by atoms with van der Waals surface area (Å²) in [6.07, 6.45) is 1.69. The summed E-state index contributed by atoms with van der Waals surface area (Å²) >= 11 is 11.4. The second-order valence-corrected chi connectivity index (χ2v) is 8.79. The Hall–Kier alpha value is -0.780. The molecular weight excluding hydrogens is 588 g/mol. The van der Waals surface area contributed by atoms with Crippen molar-refractivity contribution in [3.05, 3.63) is 59.0 Å². The van der Waals surface area contributed by atoms with Gasteiger partial charge in [0.2, 0.25) is 0 Å². The molecule has 25 heavy (non-hydrogen) atoms. The van der Waals surface area contributed by atoms with Gasteiger partial charge in [-0.1, -0.05) is 23.7 Å². The van der Waals surface area contributed by atoms with Crippen LogP contribution in [-0.2, 0) is 4.79 Å². The Morgan fingerprint density at radius 1 is 1.20 bits per heavy atom. The number of nitrogens with zero attached hydrogens (tertiary/aromatic N) is 1. The van der Waals surface area contributed by atoms with Gasteiger partial charge in [-0.25, -0.2) is 4.90 Å². The van der Waals surface area contributed by atoms with Crippen LogP contribution in [0.4, 0.5) is 10.5 Å². The number of carbonyl (C=O) groups excluding carboxylic acids is 2. The second-order valence-electron chi connectivity index (χ2n) is 4.98. The molecule has 1 saturated heterocycles. The van der Waals surface area contributed by atoms with Crippen LogP contribution in [0, 0.1) is 7.14 Å². The average molecular weight is 598 g/mol. The number of thioether (sulfide) groups is 1. The lowest BCUT2D eigenvalue weighted by atomic mass is 10.2. The third-order valence-electron chi connectivity index (χ3n) is 3.41. The van der Waals surface area contributed by atoms with Gasteiger partial charge in [0.05, 0.1) is 26.3 Å². The molecule has 2 aromatic rings. The van der Waals surface area contributed by atoms with E-state index in [0.29, 0.717) is 21.4 Å². The van der Waals surface area contributed by atoms with Crippen molar-refractivity contribution in [2.45, 2.75) is 0 Å². The highest BCUT2D eigenvalue weighted by Gasteiger charge is 2.37. The van der Waals surface area contributed by atoms with Gasteiger partial charge in [-0.15, -0.1) is 0 Å². The molecule has 1 aliphatic rings. The van der Waals surface area contributed by atoms with Crippen molar-refractivity contribution in [3.8, 4) is 5.75 Å². The van der Waals surface area contributed by atoms with E-state index in [4.69, 9.17) is 16.3 Å². The Balaban J connectivity index is 2.04. The maximum Gasteiger partial charge on any atom is 0.298 e. The lowest BCUT2D eigenvalue weighted by molar-refractivity contribution is -0.113. The first-order valence-corrected chi connectivity index (χ1v) is 10.3. The monoisotopic (exact) mass is 597 g/mol. The molecule has 4 nitrogen and oxygen atoms in total. The highest BCUT2D eigenvalue weighted by atomic mass is 127. The molecule has 0 N–H and O–H groups in total. The zero-order valence-electron chi connectivity index (χ0n) is 12.8. The molecule has 1 aliphatic heterocycles. The number of ether oxygens (including phenoxy) is 1. The zero-order chi connectivity index (χ0) is 18.1. The largest absolute Gasteiger partial charge is 0.495 e. The fourth-order valence-corrected chi connectivity index (χ4v) is 5.51. The Kier molecular flexibility index (Phi) is 5.96. The summed E-state index contributed by atoms with van der Waals surface area (Å²) in [5.74, 6) is 0.282. The maximum atomic E-state index is 12.8. The van der Waals surface area contributed by atoms with Gasteiger partial charge in [-0.3, -0.25) is 9.59 Å². The number of benzene rings is 2. The van der Waals surface area contributed by atoms with Gasteiger partial charge in [-0.05, 0) is 87.3 Å². The van der Waals surface area contributed by atoms with E-state index in [2.05, 4.69) is 45.2 Å². The van der Waals surface area contributed by atoms with Crippen LogP contribution < -0.4 is 9.64 Å². The molecule has 0 spiro atoms. The molecule has 0 aromatic heterocycles. The minimum atomic E-state index is -0.390. The molecule has 128 valence electrons. The van der Waals surface area contributed by atoms with Gasteiger partial charge >= 0.3 is 0 Å². The smallest absolute Gasteiger partial charge is 0.298 e. The third-order valence-corrected chi connectivity index (χ3v) is 6.03. The van der Waals surface area contributed by atoms with Crippen LogP contribution in [0.3, 0.4) is 0 Å². The quantitative estimate of drug-likeness (QED) is 0.332. The van der Waals surface area contributed by atoms with Gasteiger partial charge in [0.15, 0.2) is 0 Å². The highest BCUT2D eigenvalue weighted by Crippen LogP contribution is 2.40. The van der Waals surface area contributed by atoms with E-state index in [1.165, 1.54) is 0 Å². The average Bonchev–Trinajstić information content (AvgIpc) is 2.82. The Bertz CT molecular complexity index is 917. The first-order valence-electron chi connectivity index (χ1n) is 6.98. The fourth-order valence-electron chi connectivity index (χ4n) is 2.35. The Labute approximate surface area is 181 Å². The normalized spacial score (nSPS) is 16.0. The van der Waals surface area contributed by atoms with E-state index in [9.17, 15) is 9.59 Å². The number of halogens is 3. The van der Waals surface area contributed by atoms with Gasteiger partial charge in [0.1, 0.15) is 5.75 Å². The van der Waals surface area contributed by atoms with Gasteiger partial charge < -0.3 is 4.74 Å². The summed E-state index contributed by atoms with van der Waals surface area (Å²) in [4.78, 5) is 26.6. The summed E-state index contributed by atoms with van der Waals surface area (Å²) in [6, 6.07) is 10.7. The predicted molar refractivity (Wildman–Crippen MR) is 118 cm³/mol. The number of methoxy groups -OCH3 is 1. The number of para-hydroxylation sites is 1. The van der Waals surface area contributed by atoms with E-state index in [0.717, 1.165) is 29.4 Å². The molecule has 0 saturated carbocycles. The van der Waals surface area contributed by atoms with Crippen LogP contribution in [0.25, 0.3) is 6.08 Å². The second kappa shape index (κ2) is 7.85. The van der Waals surface area contributed by atoms with Crippen molar-refractivity contribution in [1.82, 2.24) is 0 Å². The van der Waals surface area contributed by atoms with Crippen LogP contribution in [0.1, 0.15) is 5.56 Å². The Morgan fingerprint density at radius 3 is 2.60 bits per heavy atom. The maximum absolute atomic E-state index is 12.8. The van der Waals surface area contributed by atoms with Crippen LogP contribution >= 0.6 is 68.5 Å². The minimum absolute atomic E-state index is 0.334. The molecule has 1 fully saturated rings. The summed E-state index contributed by atoms with van der Waals surface area (Å²) in [6.45, 7) is 0. The van der Waals surface area contributed by atoms with E-state index in [1.54, 1.807) is 37.5 Å². The highest BCUT2D eigenvalue weighted by molar-refractivity contribution is 14.1. The molecule has 1 heterocycles. The molecule has 8 heteroatoms. The summed E-state index contributed by atoms with van der Waals surface area (Å²) in [5.41, 5.74) is 1.14. The number of amides is 2. The summed E-state index contributed by atoms with van der Waals surface area (Å²) < 4.78 is 7.39. The first-order chi connectivity index (χ1) is 11.9. The molecule has 0 radical (unpaired) electrons. The van der Waals surface area contributed by atoms with Crippen molar-refractivity contribution in [2.24, 2.45) is 0 Å². The first kappa shape index (κ1) is 19.0. The van der Waals surface area contributed by atoms with Crippen molar-refractivity contribution in [3.63, 3.8) is 0 Å². The topological polar surface area (TPSA) is 46.6 Å². The third kappa shape index (κ3) is 3.83. The summed E-state index contributed by atoms with van der Waals surface area (Å²) in [5, 5.41) is -0.0175. The minimum Gasteiger partial charge on any atom is -0.495 e. The number of imide groups is 1. The fraction of sp³-hybridized carbons (Fsp3) is 0.0588. The van der Waals surface area contributed by atoms with Crippen LogP contribution in [-0.4, -0.2) is 18.3 Å². The molecule has 3 rings (SSSR count). The molecule has 0 bridgehead atoms. The zero-order valence-corrected chi connectivity index (χ0v) is 18.6. The van der Waals surface area contributed by atoms with E-state index < -0.39 is 0 Å². The summed E-state index contributed by atoms with van der Waals surface area (Å²) in [7, 11) is 1.58. The molecular formula is C17H10ClI2NO3S. The standard InChI is InChI=1S/C17H10ClI2NO3S/c1-24-15-9(6-10(19)8-12(15)20)7-14-16(22)21(17(23)25-14)13-5-3-2-4-11(13)18/h2-8H,1H3/b14-7-. The van der Waals surface area contributed by atoms with Gasteiger partial charge in [0, 0.05) is 9.13 Å². The van der Waals surface area contributed by atoms with Crippen molar-refractivity contribution >= 4 is 91.5 Å². The van der Waals surface area contributed by atoms with Crippen molar-refractivity contribution in [1.29, 1.82) is 0 Å². The number of anilines is 1. The predicted octanol–water partition coefficient (Wildman–Crippen LogP) is 5.80. The number of carbonyl (C=O) groups is 2. The van der Waals surface area contributed by atoms with Crippen molar-refractivity contribution in [2.75, 3.05) is 12.0 Å². The number of hydrogen-bond acceptors (Lipinski definition) is 4. The van der Waals surface area contributed by atoms with Crippen LogP contribution in [0.5, 0.6) is 5.75 Å². The number of hydrogen-bond donors (Lipinski definition) is 0. The van der Waals surface area contributed by atoms with E-state index in [-0.39, 0.29) is 11.1 Å². The SMILES string of the molecule is COc1c(I)cc(I)cc1/C=C1\SC(=O)N(c2ccccc2Cl)C1=O. The molecule has 0 atom stereocenters. The lowest BCUT2D eigenvalue weighted by Gasteiger charge is -2.13. The lowest BCUT2D eigenvalue weighted by Crippen LogP contribution is -2.27. The number of rotatable bonds is 3. The molecule has 2 amide bonds. The van der Waals surface area contributed by atoms with E-state index >= 15 is 0 Å². The van der Waals surface area contributed by atoms with Crippen LogP contribution in [0.2, 0.25) is 5.02 Å². The molecule has 0 aliphatic carbocycles. The molecule has 2 aromatic carbocycles. The van der Waals surface area contributed by atoms with Crippen LogP contribution in [0.15, 0.2) is 41.3 Å². The Morgan fingerprint density at radius 2 is 1.92 bits per heavy atom. The van der Waals surface area contributed by atoms with E-state index in [1.807, 2.05) is 12.1 Å². The molecule has 0 unspecified atom stereocenters. The van der Waals surface area contributed by atoms with Crippen molar-refractivity contribution < 1.29 is 14.3 Å². The van der Waals surface area contributed by atoms with Gasteiger partial charge in [0.25, 0.3) is 11.1 Å².